The van der Waals surface area contributed by atoms with Gasteiger partial charge < -0.3 is 10.3 Å². The number of aryl methyl sites for hydroxylation is 1. The molecule has 0 spiro atoms. The van der Waals surface area contributed by atoms with E-state index in [9.17, 15) is 10.3 Å². The van der Waals surface area contributed by atoms with Crippen LogP contribution in [0.15, 0.2) is 23.4 Å². The smallest absolute Gasteiger partial charge is 0.124 e. The molecule has 2 N–H and O–H groups in total. The molecule has 1 aromatic rings. The van der Waals surface area contributed by atoms with Gasteiger partial charge in [-0.05, 0) is 31.9 Å². The summed E-state index contributed by atoms with van der Waals surface area (Å²) in [5.41, 5.74) is 2.29. The molecule has 0 unspecified atom stereocenters. The van der Waals surface area contributed by atoms with Crippen molar-refractivity contribution in [2.24, 2.45) is 5.16 Å². The van der Waals surface area contributed by atoms with Gasteiger partial charge in [0, 0.05) is 5.56 Å². The van der Waals surface area contributed by atoms with Crippen LogP contribution in [0.5, 0.6) is 5.75 Å². The van der Waals surface area contributed by atoms with Gasteiger partial charge in [0.1, 0.15) is 5.75 Å². The lowest BCUT2D eigenvalue weighted by molar-refractivity contribution is 0.317. The van der Waals surface area contributed by atoms with Gasteiger partial charge in [-0.15, -0.1) is 0 Å². The summed E-state index contributed by atoms with van der Waals surface area (Å²) in [5.74, 6) is 0.188. The van der Waals surface area contributed by atoms with Crippen molar-refractivity contribution in [2.75, 3.05) is 0 Å². The SMILES string of the molecule is CCCCCCCCCC/C(=N\O)c1cc(C)ccc1O. The van der Waals surface area contributed by atoms with E-state index in [2.05, 4.69) is 12.1 Å². The molecule has 0 aliphatic rings. The lowest BCUT2D eigenvalue weighted by Crippen LogP contribution is -2.02. The zero-order valence-electron chi connectivity index (χ0n) is 13.4. The highest BCUT2D eigenvalue weighted by atomic mass is 16.4. The molecule has 3 nitrogen and oxygen atoms in total. The minimum absolute atomic E-state index is 0.188. The van der Waals surface area contributed by atoms with Crippen molar-refractivity contribution in [3.63, 3.8) is 0 Å². The van der Waals surface area contributed by atoms with Crippen LogP contribution in [0.4, 0.5) is 0 Å². The quantitative estimate of drug-likeness (QED) is 0.262. The van der Waals surface area contributed by atoms with Crippen molar-refractivity contribution < 1.29 is 10.3 Å². The molecule has 0 atom stereocenters. The van der Waals surface area contributed by atoms with Crippen LogP contribution in [0.2, 0.25) is 0 Å². The van der Waals surface area contributed by atoms with E-state index in [1.165, 1.54) is 38.5 Å². The number of hydrogen-bond donors (Lipinski definition) is 2. The van der Waals surface area contributed by atoms with E-state index in [0.29, 0.717) is 17.7 Å². The summed E-state index contributed by atoms with van der Waals surface area (Å²) in [6, 6.07) is 5.38. The summed E-state index contributed by atoms with van der Waals surface area (Å²) in [5, 5.41) is 22.4. The van der Waals surface area contributed by atoms with Gasteiger partial charge in [0.2, 0.25) is 0 Å². The zero-order chi connectivity index (χ0) is 15.5. The van der Waals surface area contributed by atoms with E-state index in [-0.39, 0.29) is 5.75 Å². The number of nitrogens with zero attached hydrogens (tertiary/aromatic N) is 1. The van der Waals surface area contributed by atoms with E-state index in [1.807, 2.05) is 19.1 Å². The topological polar surface area (TPSA) is 52.8 Å². The number of benzene rings is 1. The molecule has 0 aromatic heterocycles. The first-order chi connectivity index (χ1) is 10.2. The molecule has 1 aromatic carbocycles. The molecule has 0 radical (unpaired) electrons. The maximum Gasteiger partial charge on any atom is 0.124 e. The summed E-state index contributed by atoms with van der Waals surface area (Å²) in [4.78, 5) is 0. The van der Waals surface area contributed by atoms with Crippen LogP contribution in [0.3, 0.4) is 0 Å². The van der Waals surface area contributed by atoms with Gasteiger partial charge in [-0.1, -0.05) is 68.7 Å². The van der Waals surface area contributed by atoms with Crippen molar-refractivity contribution in [3.05, 3.63) is 29.3 Å². The molecule has 21 heavy (non-hydrogen) atoms. The van der Waals surface area contributed by atoms with Gasteiger partial charge in [-0.3, -0.25) is 0 Å². The molecule has 0 aliphatic carbocycles. The number of hydrogen-bond acceptors (Lipinski definition) is 3. The van der Waals surface area contributed by atoms with E-state index < -0.39 is 0 Å². The largest absolute Gasteiger partial charge is 0.507 e. The average molecular weight is 291 g/mol. The fourth-order valence-electron chi connectivity index (χ4n) is 2.55. The lowest BCUT2D eigenvalue weighted by Gasteiger charge is -2.08. The first-order valence-corrected chi connectivity index (χ1v) is 8.20. The fourth-order valence-corrected chi connectivity index (χ4v) is 2.55. The minimum atomic E-state index is 0.188. The van der Waals surface area contributed by atoms with Crippen molar-refractivity contribution in [1.29, 1.82) is 0 Å². The molecule has 0 saturated heterocycles. The summed E-state index contributed by atoms with van der Waals surface area (Å²) < 4.78 is 0. The van der Waals surface area contributed by atoms with Crippen LogP contribution in [0.25, 0.3) is 0 Å². The second kappa shape index (κ2) is 10.3. The van der Waals surface area contributed by atoms with Gasteiger partial charge in [-0.25, -0.2) is 0 Å². The lowest BCUT2D eigenvalue weighted by atomic mass is 10.00. The highest BCUT2D eigenvalue weighted by Crippen LogP contribution is 2.22. The standard InChI is InChI=1S/C18H29NO2/c1-3-4-5-6-7-8-9-10-11-17(19-21)16-14-15(2)12-13-18(16)20/h12-14,20-21H,3-11H2,1-2H3/b19-17+. The Labute approximate surface area is 128 Å². The monoisotopic (exact) mass is 291 g/mol. The first kappa shape index (κ1) is 17.5. The molecule has 0 bridgehead atoms. The highest BCUT2D eigenvalue weighted by molar-refractivity contribution is 6.02. The number of rotatable bonds is 10. The highest BCUT2D eigenvalue weighted by Gasteiger charge is 2.09. The molecular weight excluding hydrogens is 262 g/mol. The third-order valence-corrected chi connectivity index (χ3v) is 3.85. The maximum absolute atomic E-state index is 9.87. The van der Waals surface area contributed by atoms with Crippen molar-refractivity contribution in [3.8, 4) is 5.75 Å². The maximum atomic E-state index is 9.87. The van der Waals surface area contributed by atoms with Crippen molar-refractivity contribution in [2.45, 2.75) is 71.6 Å². The van der Waals surface area contributed by atoms with Crippen LogP contribution in [0, 0.1) is 6.92 Å². The zero-order valence-corrected chi connectivity index (χ0v) is 13.4. The van der Waals surface area contributed by atoms with Gasteiger partial charge in [0.05, 0.1) is 5.71 Å². The molecule has 0 amide bonds. The van der Waals surface area contributed by atoms with E-state index in [0.717, 1.165) is 18.4 Å². The number of phenols is 1. The number of unbranched alkanes of at least 4 members (excludes halogenated alkanes) is 7. The van der Waals surface area contributed by atoms with Gasteiger partial charge in [0.15, 0.2) is 0 Å². The second-order valence-electron chi connectivity index (χ2n) is 5.79. The van der Waals surface area contributed by atoms with Gasteiger partial charge in [-0.2, -0.15) is 0 Å². The molecule has 118 valence electrons. The number of phenolic OH excluding ortho intramolecular Hbond substituents is 1. The van der Waals surface area contributed by atoms with Crippen LogP contribution >= 0.6 is 0 Å². The Morgan fingerprint density at radius 1 is 1.00 bits per heavy atom. The van der Waals surface area contributed by atoms with E-state index in [1.54, 1.807) is 6.07 Å². The minimum Gasteiger partial charge on any atom is -0.507 e. The van der Waals surface area contributed by atoms with E-state index >= 15 is 0 Å². The predicted molar refractivity (Wildman–Crippen MR) is 88.4 cm³/mol. The Bertz CT molecular complexity index is 441. The second-order valence-corrected chi connectivity index (χ2v) is 5.79. The van der Waals surface area contributed by atoms with Crippen molar-refractivity contribution >= 4 is 5.71 Å². The Balaban J connectivity index is 2.31. The Kier molecular flexibility index (Phi) is 8.56. The summed E-state index contributed by atoms with van der Waals surface area (Å²) in [7, 11) is 0. The molecule has 1 rings (SSSR count). The molecule has 0 saturated carbocycles. The van der Waals surface area contributed by atoms with Crippen LogP contribution in [-0.4, -0.2) is 16.0 Å². The average Bonchev–Trinajstić information content (AvgIpc) is 2.49. The predicted octanol–water partition coefficient (Wildman–Crippen LogP) is 5.41. The van der Waals surface area contributed by atoms with Crippen LogP contribution < -0.4 is 0 Å². The summed E-state index contributed by atoms with van der Waals surface area (Å²) in [6.07, 6.45) is 10.7. The first-order valence-electron chi connectivity index (χ1n) is 8.20. The van der Waals surface area contributed by atoms with E-state index in [4.69, 9.17) is 0 Å². The Hall–Kier alpha value is -1.51. The normalized spacial score (nSPS) is 11.8. The number of aromatic hydroxyl groups is 1. The third-order valence-electron chi connectivity index (χ3n) is 3.85. The fraction of sp³-hybridized carbons (Fsp3) is 0.611. The van der Waals surface area contributed by atoms with Gasteiger partial charge in [0.25, 0.3) is 0 Å². The number of oxime groups is 1. The molecule has 0 fully saturated rings. The molecule has 0 aliphatic heterocycles. The summed E-state index contributed by atoms with van der Waals surface area (Å²) in [6.45, 7) is 4.20. The van der Waals surface area contributed by atoms with Crippen molar-refractivity contribution in [1.82, 2.24) is 0 Å². The summed E-state index contributed by atoms with van der Waals surface area (Å²) >= 11 is 0. The molecule has 3 heteroatoms. The molecular formula is C18H29NO2. The van der Waals surface area contributed by atoms with Gasteiger partial charge >= 0.3 is 0 Å². The third kappa shape index (κ3) is 6.65. The Morgan fingerprint density at radius 2 is 1.62 bits per heavy atom. The van der Waals surface area contributed by atoms with Crippen LogP contribution in [-0.2, 0) is 0 Å². The molecule has 0 heterocycles. The van der Waals surface area contributed by atoms with Crippen LogP contribution in [0.1, 0.15) is 75.8 Å². The Morgan fingerprint density at radius 3 is 2.24 bits per heavy atom.